The maximum atomic E-state index is 6.37. The summed E-state index contributed by atoms with van der Waals surface area (Å²) in [5, 5.41) is 1.19. The minimum absolute atomic E-state index is 0.229. The van der Waals surface area contributed by atoms with Crippen molar-refractivity contribution in [3.8, 4) is 0 Å². The molecule has 1 unspecified atom stereocenters. The van der Waals surface area contributed by atoms with Crippen LogP contribution in [0.4, 0.5) is 0 Å². The molecule has 4 N–H and O–H groups in total. The highest BCUT2D eigenvalue weighted by molar-refractivity contribution is 5.80. The molecule has 0 saturated heterocycles. The predicted octanol–water partition coefficient (Wildman–Crippen LogP) is 7.61. The van der Waals surface area contributed by atoms with Crippen LogP contribution in [0.2, 0.25) is 0 Å². The van der Waals surface area contributed by atoms with Crippen LogP contribution >= 0.6 is 0 Å². The Hall–Kier alpha value is -4.25. The van der Waals surface area contributed by atoms with Gasteiger partial charge < -0.3 is 11.5 Å². The lowest BCUT2D eigenvalue weighted by molar-refractivity contribution is 0.248. The lowest BCUT2D eigenvalue weighted by Gasteiger charge is -2.27. The molecule has 4 heteroatoms. The van der Waals surface area contributed by atoms with Crippen molar-refractivity contribution < 1.29 is 0 Å². The van der Waals surface area contributed by atoms with Crippen molar-refractivity contribution in [2.24, 2.45) is 11.5 Å². The zero-order valence-corrected chi connectivity index (χ0v) is 26.3. The number of hydrogen-bond acceptors (Lipinski definition) is 4. The van der Waals surface area contributed by atoms with Crippen LogP contribution in [-0.4, -0.2) is 22.5 Å². The van der Waals surface area contributed by atoms with Gasteiger partial charge in [0.05, 0.1) is 5.52 Å². The van der Waals surface area contributed by atoms with Crippen molar-refractivity contribution >= 4 is 10.9 Å². The number of benzene rings is 4. The number of nitrogens with zero attached hydrogens (tertiary/aromatic N) is 2. The van der Waals surface area contributed by atoms with E-state index in [2.05, 4.69) is 116 Å². The predicted molar refractivity (Wildman–Crippen MR) is 185 cm³/mol. The minimum atomic E-state index is -0.229. The quantitative estimate of drug-likeness (QED) is 0.141. The topological polar surface area (TPSA) is 68.2 Å². The fourth-order valence-corrected chi connectivity index (χ4v) is 6.04. The van der Waals surface area contributed by atoms with Crippen LogP contribution in [0.15, 0.2) is 116 Å². The third-order valence-corrected chi connectivity index (χ3v) is 8.59. The molecule has 4 aromatic carbocycles. The molecule has 5 rings (SSSR count). The summed E-state index contributed by atoms with van der Waals surface area (Å²) in [6.07, 6.45) is 6.64. The van der Waals surface area contributed by atoms with Crippen LogP contribution in [0.3, 0.4) is 0 Å². The first-order valence-electron chi connectivity index (χ1n) is 15.8. The summed E-state index contributed by atoms with van der Waals surface area (Å²) in [7, 11) is 0. The summed E-state index contributed by atoms with van der Waals surface area (Å²) in [6, 6.07) is 35.1. The van der Waals surface area contributed by atoms with E-state index in [1.54, 1.807) is 0 Å². The Morgan fingerprint density at radius 1 is 0.705 bits per heavy atom. The van der Waals surface area contributed by atoms with Gasteiger partial charge in [0.2, 0.25) is 0 Å². The second-order valence-corrected chi connectivity index (χ2v) is 12.2. The molecule has 4 nitrogen and oxygen atoms in total. The highest BCUT2D eigenvalue weighted by Crippen LogP contribution is 2.24. The molecule has 44 heavy (non-hydrogen) atoms. The number of rotatable bonds is 14. The standard InChI is InChI=1S/C40H46N4/c1-29-9-6-11-32(23-29)16-18-34-13-4-5-14-37(34)27-44(22-20-39(42)31(3)41)28-38-26-40-36(15-8-21-43-40)25-35(38)19-17-33-12-7-10-30(2)24-33/h4-15,21,23-26,39H,3,16-20,22,27-28,41-42H2,1-2H3. The monoisotopic (exact) mass is 582 g/mol. The highest BCUT2D eigenvalue weighted by atomic mass is 15.1. The summed E-state index contributed by atoms with van der Waals surface area (Å²) < 4.78 is 0. The number of hydrogen-bond donors (Lipinski definition) is 2. The largest absolute Gasteiger partial charge is 0.401 e. The Balaban J connectivity index is 1.42. The van der Waals surface area contributed by atoms with E-state index >= 15 is 0 Å². The van der Waals surface area contributed by atoms with Crippen LogP contribution in [0.5, 0.6) is 0 Å². The van der Waals surface area contributed by atoms with Crippen molar-refractivity contribution in [1.82, 2.24) is 9.88 Å². The van der Waals surface area contributed by atoms with Gasteiger partial charge in [-0.15, -0.1) is 0 Å². The Morgan fingerprint density at radius 3 is 2.00 bits per heavy atom. The second-order valence-electron chi connectivity index (χ2n) is 12.2. The van der Waals surface area contributed by atoms with Crippen LogP contribution in [0.1, 0.15) is 50.9 Å². The van der Waals surface area contributed by atoms with Crippen molar-refractivity contribution in [2.45, 2.75) is 65.1 Å². The summed E-state index contributed by atoms with van der Waals surface area (Å²) >= 11 is 0. The summed E-state index contributed by atoms with van der Waals surface area (Å²) in [5.74, 6) is 0. The fraction of sp³-hybridized carbons (Fsp3) is 0.275. The number of aryl methyl sites for hydroxylation is 6. The molecule has 0 bridgehead atoms. The number of fused-ring (bicyclic) bond motifs is 1. The lowest BCUT2D eigenvalue weighted by Crippen LogP contribution is -2.33. The number of pyridine rings is 1. The van der Waals surface area contributed by atoms with Crippen molar-refractivity contribution in [3.63, 3.8) is 0 Å². The van der Waals surface area contributed by atoms with Gasteiger partial charge in [0.1, 0.15) is 0 Å². The normalized spacial score (nSPS) is 12.1. The molecule has 0 fully saturated rings. The van der Waals surface area contributed by atoms with Crippen molar-refractivity contribution in [3.05, 3.63) is 160 Å². The van der Waals surface area contributed by atoms with Gasteiger partial charge in [-0.05, 0) is 97.5 Å². The highest BCUT2D eigenvalue weighted by Gasteiger charge is 2.16. The zero-order valence-electron chi connectivity index (χ0n) is 26.3. The molecule has 1 atom stereocenters. The second kappa shape index (κ2) is 15.0. The Labute approximate surface area is 263 Å². The van der Waals surface area contributed by atoms with E-state index in [-0.39, 0.29) is 6.04 Å². The van der Waals surface area contributed by atoms with E-state index in [1.807, 2.05) is 12.3 Å². The van der Waals surface area contributed by atoms with Crippen LogP contribution in [0, 0.1) is 13.8 Å². The summed E-state index contributed by atoms with van der Waals surface area (Å²) in [5.41, 5.74) is 24.8. The van der Waals surface area contributed by atoms with E-state index < -0.39 is 0 Å². The third-order valence-electron chi connectivity index (χ3n) is 8.59. The van der Waals surface area contributed by atoms with E-state index in [0.29, 0.717) is 5.70 Å². The lowest BCUT2D eigenvalue weighted by atomic mass is 9.96. The molecular weight excluding hydrogens is 536 g/mol. The first kappa shape index (κ1) is 31.2. The molecule has 0 saturated carbocycles. The average molecular weight is 583 g/mol. The first-order chi connectivity index (χ1) is 21.3. The van der Waals surface area contributed by atoms with Gasteiger partial charge in [-0.2, -0.15) is 0 Å². The number of aromatic nitrogens is 1. The van der Waals surface area contributed by atoms with Gasteiger partial charge in [-0.25, -0.2) is 0 Å². The van der Waals surface area contributed by atoms with Crippen molar-refractivity contribution in [1.29, 1.82) is 0 Å². The van der Waals surface area contributed by atoms with Gasteiger partial charge in [0, 0.05) is 43.0 Å². The van der Waals surface area contributed by atoms with Gasteiger partial charge in [0.25, 0.3) is 0 Å². The third kappa shape index (κ3) is 8.66. The van der Waals surface area contributed by atoms with Gasteiger partial charge in [0.15, 0.2) is 0 Å². The van der Waals surface area contributed by atoms with Crippen LogP contribution < -0.4 is 11.5 Å². The SMILES string of the molecule is C=C(N)C(N)CCN(Cc1ccccc1CCc1cccc(C)c1)Cc1cc2ncccc2cc1CCc1cccc(C)c1. The van der Waals surface area contributed by atoms with Gasteiger partial charge in [-0.3, -0.25) is 9.88 Å². The average Bonchev–Trinajstić information content (AvgIpc) is 3.02. The molecule has 0 amide bonds. The maximum Gasteiger partial charge on any atom is 0.0705 e. The smallest absolute Gasteiger partial charge is 0.0705 e. The molecular formula is C40H46N4. The van der Waals surface area contributed by atoms with Gasteiger partial charge in [-0.1, -0.05) is 96.6 Å². The molecule has 0 aliphatic rings. The Bertz CT molecular complexity index is 1710. The summed E-state index contributed by atoms with van der Waals surface area (Å²) in [6.45, 7) is 10.7. The zero-order chi connectivity index (χ0) is 30.9. The molecule has 0 aliphatic heterocycles. The summed E-state index contributed by atoms with van der Waals surface area (Å²) in [4.78, 5) is 7.23. The van der Waals surface area contributed by atoms with E-state index in [4.69, 9.17) is 16.5 Å². The van der Waals surface area contributed by atoms with E-state index in [1.165, 1.54) is 49.9 Å². The molecule has 0 aliphatic carbocycles. The van der Waals surface area contributed by atoms with E-state index in [0.717, 1.165) is 57.3 Å². The Morgan fingerprint density at radius 2 is 1.34 bits per heavy atom. The molecule has 226 valence electrons. The maximum absolute atomic E-state index is 6.37. The first-order valence-corrected chi connectivity index (χ1v) is 15.8. The molecule has 1 aromatic heterocycles. The molecule has 0 spiro atoms. The molecule has 5 aromatic rings. The Kier molecular flexibility index (Phi) is 10.6. The van der Waals surface area contributed by atoms with E-state index in [9.17, 15) is 0 Å². The fourth-order valence-electron chi connectivity index (χ4n) is 6.04. The van der Waals surface area contributed by atoms with Crippen LogP contribution in [-0.2, 0) is 38.8 Å². The van der Waals surface area contributed by atoms with Crippen molar-refractivity contribution in [2.75, 3.05) is 6.54 Å². The van der Waals surface area contributed by atoms with Crippen LogP contribution in [0.25, 0.3) is 10.9 Å². The number of nitrogens with two attached hydrogens (primary N) is 2. The minimum Gasteiger partial charge on any atom is -0.401 e. The molecule has 1 heterocycles. The molecule has 0 radical (unpaired) electrons. The van der Waals surface area contributed by atoms with Gasteiger partial charge >= 0.3 is 0 Å².